The first-order chi connectivity index (χ1) is 13.8. The second-order valence-electron chi connectivity index (χ2n) is 7.75. The SMILES string of the molecule is COc1ccc(O)c([C@@H]2N(C(=O)c3ccc(Cl)cc3)c3ccccc3C2(C)C)c1. The molecule has 3 aromatic carbocycles. The van der Waals surface area contributed by atoms with E-state index >= 15 is 0 Å². The lowest BCUT2D eigenvalue weighted by molar-refractivity contribution is 0.0971. The molecule has 0 saturated heterocycles. The highest BCUT2D eigenvalue weighted by Gasteiger charge is 2.48. The number of ether oxygens (including phenoxy) is 1. The number of fused-ring (bicyclic) bond motifs is 1. The number of phenols is 1. The molecule has 0 fully saturated rings. The molecule has 0 spiro atoms. The number of aromatic hydroxyl groups is 1. The van der Waals surface area contributed by atoms with E-state index in [1.165, 1.54) is 0 Å². The zero-order valence-corrected chi connectivity index (χ0v) is 17.3. The molecular weight excluding hydrogens is 386 g/mol. The van der Waals surface area contributed by atoms with Crippen molar-refractivity contribution in [2.24, 2.45) is 0 Å². The van der Waals surface area contributed by atoms with Crippen LogP contribution in [0.5, 0.6) is 11.5 Å². The predicted molar refractivity (Wildman–Crippen MR) is 115 cm³/mol. The van der Waals surface area contributed by atoms with E-state index in [9.17, 15) is 9.90 Å². The number of anilines is 1. The fourth-order valence-electron chi connectivity index (χ4n) is 4.20. The Kier molecular flexibility index (Phi) is 4.75. The highest BCUT2D eigenvalue weighted by Crippen LogP contribution is 2.54. The van der Waals surface area contributed by atoms with Gasteiger partial charge >= 0.3 is 0 Å². The minimum atomic E-state index is -0.428. The molecule has 29 heavy (non-hydrogen) atoms. The Morgan fingerprint density at radius 3 is 2.45 bits per heavy atom. The first kappa shape index (κ1) is 19.3. The van der Waals surface area contributed by atoms with Gasteiger partial charge in [-0.3, -0.25) is 9.69 Å². The third-order valence-corrected chi connectivity index (χ3v) is 5.89. The van der Waals surface area contributed by atoms with Crippen LogP contribution in [-0.4, -0.2) is 18.1 Å². The number of amides is 1. The number of carbonyl (C=O) groups is 1. The molecule has 0 bridgehead atoms. The van der Waals surface area contributed by atoms with Gasteiger partial charge in [0, 0.05) is 27.3 Å². The van der Waals surface area contributed by atoms with Gasteiger partial charge in [-0.2, -0.15) is 0 Å². The van der Waals surface area contributed by atoms with Crippen LogP contribution in [0.1, 0.15) is 41.4 Å². The fraction of sp³-hybridized carbons (Fsp3) is 0.208. The average molecular weight is 408 g/mol. The minimum Gasteiger partial charge on any atom is -0.508 e. The lowest BCUT2D eigenvalue weighted by Gasteiger charge is -2.34. The van der Waals surface area contributed by atoms with Crippen LogP contribution >= 0.6 is 11.6 Å². The molecule has 4 rings (SSSR count). The Morgan fingerprint density at radius 2 is 1.76 bits per heavy atom. The van der Waals surface area contributed by atoms with Crippen LogP contribution in [0, 0.1) is 0 Å². The summed E-state index contributed by atoms with van der Waals surface area (Å²) < 4.78 is 5.38. The fourth-order valence-corrected chi connectivity index (χ4v) is 4.33. The third-order valence-electron chi connectivity index (χ3n) is 5.64. The van der Waals surface area contributed by atoms with Crippen LogP contribution in [0.3, 0.4) is 0 Å². The first-order valence-corrected chi connectivity index (χ1v) is 9.78. The number of halogens is 1. The summed E-state index contributed by atoms with van der Waals surface area (Å²) >= 11 is 6.01. The Labute approximate surface area is 175 Å². The third kappa shape index (κ3) is 3.14. The molecule has 148 valence electrons. The largest absolute Gasteiger partial charge is 0.508 e. The number of hydrogen-bond donors (Lipinski definition) is 1. The van der Waals surface area contributed by atoms with E-state index in [1.54, 1.807) is 54.5 Å². The molecule has 0 aromatic heterocycles. The number of hydrogen-bond acceptors (Lipinski definition) is 3. The van der Waals surface area contributed by atoms with Crippen LogP contribution < -0.4 is 9.64 Å². The maximum atomic E-state index is 13.6. The number of benzene rings is 3. The van der Waals surface area contributed by atoms with Crippen molar-refractivity contribution in [3.8, 4) is 11.5 Å². The van der Waals surface area contributed by atoms with Crippen molar-refractivity contribution in [3.05, 3.63) is 88.4 Å². The molecule has 0 unspecified atom stereocenters. The highest BCUT2D eigenvalue weighted by atomic mass is 35.5. The maximum Gasteiger partial charge on any atom is 0.258 e. The summed E-state index contributed by atoms with van der Waals surface area (Å²) in [6.07, 6.45) is 0. The number of rotatable bonds is 3. The van der Waals surface area contributed by atoms with Crippen LogP contribution in [-0.2, 0) is 5.41 Å². The van der Waals surface area contributed by atoms with Gasteiger partial charge in [0.15, 0.2) is 0 Å². The standard InChI is InChI=1S/C24H22ClNO3/c1-24(2)19-6-4-5-7-20(19)26(23(28)15-8-10-16(25)11-9-15)22(24)18-14-17(29-3)12-13-21(18)27/h4-14,22,27H,1-3H3/t22-/m0/s1. The van der Waals surface area contributed by atoms with E-state index < -0.39 is 11.5 Å². The minimum absolute atomic E-state index is 0.130. The van der Waals surface area contributed by atoms with Crippen molar-refractivity contribution in [1.82, 2.24) is 0 Å². The summed E-state index contributed by atoms with van der Waals surface area (Å²) in [6, 6.07) is 19.5. The molecule has 3 aromatic rings. The van der Waals surface area contributed by atoms with Crippen molar-refractivity contribution >= 4 is 23.2 Å². The van der Waals surface area contributed by atoms with E-state index in [4.69, 9.17) is 16.3 Å². The molecule has 4 nitrogen and oxygen atoms in total. The van der Waals surface area contributed by atoms with Crippen molar-refractivity contribution in [2.75, 3.05) is 12.0 Å². The number of nitrogens with zero attached hydrogens (tertiary/aromatic N) is 1. The Hall–Kier alpha value is -2.98. The van der Waals surface area contributed by atoms with Gasteiger partial charge in [-0.15, -0.1) is 0 Å². The smallest absolute Gasteiger partial charge is 0.258 e. The highest BCUT2D eigenvalue weighted by molar-refractivity contribution is 6.30. The molecule has 0 aliphatic carbocycles. The molecule has 0 radical (unpaired) electrons. The van der Waals surface area contributed by atoms with Gasteiger partial charge < -0.3 is 9.84 Å². The maximum absolute atomic E-state index is 13.6. The first-order valence-electron chi connectivity index (χ1n) is 9.40. The molecule has 5 heteroatoms. The van der Waals surface area contributed by atoms with E-state index in [0.29, 0.717) is 21.9 Å². The van der Waals surface area contributed by atoms with Crippen LogP contribution in [0.2, 0.25) is 5.02 Å². The average Bonchev–Trinajstić information content (AvgIpc) is 2.96. The molecule has 1 amide bonds. The number of para-hydroxylation sites is 1. The quantitative estimate of drug-likeness (QED) is 0.602. The van der Waals surface area contributed by atoms with Gasteiger partial charge in [-0.05, 0) is 54.1 Å². The van der Waals surface area contributed by atoms with Crippen LogP contribution in [0.25, 0.3) is 0 Å². The molecule has 1 heterocycles. The Bertz CT molecular complexity index is 1080. The summed E-state index contributed by atoms with van der Waals surface area (Å²) in [7, 11) is 1.58. The van der Waals surface area contributed by atoms with Crippen molar-refractivity contribution < 1.29 is 14.6 Å². The number of methoxy groups -OCH3 is 1. The normalized spacial score (nSPS) is 17.1. The second kappa shape index (κ2) is 7.12. The van der Waals surface area contributed by atoms with E-state index in [1.807, 2.05) is 24.3 Å². The number of phenolic OH excluding ortho intramolecular Hbond substituents is 1. The molecule has 1 aliphatic rings. The Morgan fingerprint density at radius 1 is 1.07 bits per heavy atom. The molecule has 1 N–H and O–H groups in total. The van der Waals surface area contributed by atoms with Crippen molar-refractivity contribution in [1.29, 1.82) is 0 Å². The predicted octanol–water partition coefficient (Wildman–Crippen LogP) is 5.73. The topological polar surface area (TPSA) is 49.8 Å². The molecular formula is C24H22ClNO3. The van der Waals surface area contributed by atoms with Gasteiger partial charge in [0.1, 0.15) is 11.5 Å². The van der Waals surface area contributed by atoms with Gasteiger partial charge in [-0.1, -0.05) is 43.6 Å². The summed E-state index contributed by atoms with van der Waals surface area (Å²) in [6.45, 7) is 4.18. The summed E-state index contributed by atoms with van der Waals surface area (Å²) in [5, 5.41) is 11.3. The summed E-state index contributed by atoms with van der Waals surface area (Å²) in [5.41, 5.74) is 2.64. The summed E-state index contributed by atoms with van der Waals surface area (Å²) in [4.78, 5) is 15.4. The lowest BCUT2D eigenvalue weighted by atomic mass is 9.77. The molecule has 0 saturated carbocycles. The zero-order valence-electron chi connectivity index (χ0n) is 16.5. The molecule has 1 aliphatic heterocycles. The lowest BCUT2D eigenvalue weighted by Crippen LogP contribution is -2.38. The Balaban J connectivity index is 1.92. The van der Waals surface area contributed by atoms with E-state index in [2.05, 4.69) is 13.8 Å². The second-order valence-corrected chi connectivity index (χ2v) is 8.18. The van der Waals surface area contributed by atoms with Crippen LogP contribution in [0.15, 0.2) is 66.7 Å². The monoisotopic (exact) mass is 407 g/mol. The molecule has 1 atom stereocenters. The van der Waals surface area contributed by atoms with E-state index in [0.717, 1.165) is 11.3 Å². The zero-order chi connectivity index (χ0) is 20.8. The van der Waals surface area contributed by atoms with Crippen molar-refractivity contribution in [3.63, 3.8) is 0 Å². The van der Waals surface area contributed by atoms with Gasteiger partial charge in [0.2, 0.25) is 0 Å². The van der Waals surface area contributed by atoms with Gasteiger partial charge in [-0.25, -0.2) is 0 Å². The van der Waals surface area contributed by atoms with Gasteiger partial charge in [0.25, 0.3) is 5.91 Å². The van der Waals surface area contributed by atoms with Crippen LogP contribution in [0.4, 0.5) is 5.69 Å². The van der Waals surface area contributed by atoms with Crippen molar-refractivity contribution in [2.45, 2.75) is 25.3 Å². The summed E-state index contributed by atoms with van der Waals surface area (Å²) in [5.74, 6) is 0.612. The van der Waals surface area contributed by atoms with E-state index in [-0.39, 0.29) is 11.7 Å². The van der Waals surface area contributed by atoms with Gasteiger partial charge in [0.05, 0.1) is 13.2 Å². The number of carbonyl (C=O) groups excluding carboxylic acids is 1.